The molecule has 0 saturated heterocycles. The molecule has 1 aliphatic heterocycles. The van der Waals surface area contributed by atoms with E-state index in [0.29, 0.717) is 22.8 Å². The third kappa shape index (κ3) is 1.90. The Balaban J connectivity index is 2.19. The highest BCUT2D eigenvalue weighted by atomic mass is 79.9. The monoisotopic (exact) mass is 256 g/mol. The van der Waals surface area contributed by atoms with E-state index >= 15 is 0 Å². The molecular formula is C10H9BrO3. The van der Waals surface area contributed by atoms with Crippen LogP contribution in [0.25, 0.3) is 0 Å². The standard InChI is InChI=1S/C10H9BrO3/c11-9-5-4-8(14-9)10(12)7-3-1-2-6-13-7/h3-5H,1-2,6H2. The van der Waals surface area contributed by atoms with Crippen molar-refractivity contribution >= 4 is 21.7 Å². The zero-order chi connectivity index (χ0) is 9.97. The van der Waals surface area contributed by atoms with E-state index in [-0.39, 0.29) is 5.78 Å². The van der Waals surface area contributed by atoms with E-state index in [4.69, 9.17) is 9.15 Å². The van der Waals surface area contributed by atoms with E-state index in [1.165, 1.54) is 0 Å². The van der Waals surface area contributed by atoms with Crippen molar-refractivity contribution in [2.24, 2.45) is 0 Å². The fraction of sp³-hybridized carbons (Fsp3) is 0.300. The number of allylic oxidation sites excluding steroid dienone is 2. The molecule has 0 unspecified atom stereocenters. The number of rotatable bonds is 2. The minimum absolute atomic E-state index is 0.185. The van der Waals surface area contributed by atoms with Crippen molar-refractivity contribution in [3.05, 3.63) is 34.4 Å². The van der Waals surface area contributed by atoms with E-state index in [9.17, 15) is 4.79 Å². The summed E-state index contributed by atoms with van der Waals surface area (Å²) < 4.78 is 10.9. The maximum absolute atomic E-state index is 11.7. The van der Waals surface area contributed by atoms with Gasteiger partial charge in [-0.2, -0.15) is 0 Å². The summed E-state index contributed by atoms with van der Waals surface area (Å²) in [6.07, 6.45) is 3.67. The van der Waals surface area contributed by atoms with Crippen LogP contribution in [-0.4, -0.2) is 12.4 Å². The predicted octanol–water partition coefficient (Wildman–Crippen LogP) is 2.92. The Labute approximate surface area is 89.9 Å². The van der Waals surface area contributed by atoms with E-state index in [1.54, 1.807) is 12.1 Å². The van der Waals surface area contributed by atoms with Gasteiger partial charge >= 0.3 is 0 Å². The number of Topliss-reactive ketones (excluding diaryl/α,β-unsaturated/α-hetero) is 1. The van der Waals surface area contributed by atoms with Gasteiger partial charge in [0, 0.05) is 0 Å². The van der Waals surface area contributed by atoms with Gasteiger partial charge < -0.3 is 9.15 Å². The van der Waals surface area contributed by atoms with Crippen molar-refractivity contribution < 1.29 is 13.9 Å². The van der Waals surface area contributed by atoms with Crippen LogP contribution in [-0.2, 0) is 4.74 Å². The van der Waals surface area contributed by atoms with Gasteiger partial charge in [0.1, 0.15) is 0 Å². The first-order valence-electron chi connectivity index (χ1n) is 4.40. The van der Waals surface area contributed by atoms with Crippen LogP contribution in [0.2, 0.25) is 0 Å². The molecule has 14 heavy (non-hydrogen) atoms. The van der Waals surface area contributed by atoms with Crippen LogP contribution in [0.15, 0.2) is 33.1 Å². The van der Waals surface area contributed by atoms with Gasteiger partial charge in [0.15, 0.2) is 16.2 Å². The predicted molar refractivity (Wildman–Crippen MR) is 54.0 cm³/mol. The maximum Gasteiger partial charge on any atom is 0.262 e. The normalized spacial score (nSPS) is 15.9. The average molecular weight is 257 g/mol. The molecule has 0 radical (unpaired) electrons. The van der Waals surface area contributed by atoms with Crippen LogP contribution < -0.4 is 0 Å². The van der Waals surface area contributed by atoms with Crippen LogP contribution in [0.5, 0.6) is 0 Å². The van der Waals surface area contributed by atoms with E-state index in [0.717, 1.165) is 12.8 Å². The fourth-order valence-corrected chi connectivity index (χ4v) is 1.58. The van der Waals surface area contributed by atoms with Gasteiger partial charge in [-0.3, -0.25) is 4.79 Å². The van der Waals surface area contributed by atoms with E-state index in [1.807, 2.05) is 6.08 Å². The fourth-order valence-electron chi connectivity index (χ4n) is 1.27. The summed E-state index contributed by atoms with van der Waals surface area (Å²) in [5, 5.41) is 0. The number of carbonyl (C=O) groups is 1. The van der Waals surface area contributed by atoms with E-state index < -0.39 is 0 Å². The SMILES string of the molecule is O=C(C1=CCCCO1)c1ccc(Br)o1. The minimum atomic E-state index is -0.185. The molecule has 0 spiro atoms. The number of halogens is 1. The highest BCUT2D eigenvalue weighted by Gasteiger charge is 2.18. The Kier molecular flexibility index (Phi) is 2.72. The number of hydrogen-bond donors (Lipinski definition) is 0. The number of ketones is 1. The largest absolute Gasteiger partial charge is 0.490 e. The molecule has 0 saturated carbocycles. The molecule has 0 N–H and O–H groups in total. The van der Waals surface area contributed by atoms with Crippen molar-refractivity contribution in [3.8, 4) is 0 Å². The molecule has 0 amide bonds. The molecule has 74 valence electrons. The molecule has 2 heterocycles. The Hall–Kier alpha value is -1.03. The lowest BCUT2D eigenvalue weighted by Crippen LogP contribution is -2.10. The maximum atomic E-state index is 11.7. The Bertz CT molecular complexity index is 378. The lowest BCUT2D eigenvalue weighted by atomic mass is 10.2. The van der Waals surface area contributed by atoms with Gasteiger partial charge in [-0.15, -0.1) is 0 Å². The van der Waals surface area contributed by atoms with Gasteiger partial charge in [-0.1, -0.05) is 0 Å². The smallest absolute Gasteiger partial charge is 0.262 e. The van der Waals surface area contributed by atoms with Crippen LogP contribution in [0, 0.1) is 0 Å². The molecule has 1 aliphatic rings. The summed E-state index contributed by atoms with van der Waals surface area (Å²) in [7, 11) is 0. The second-order valence-electron chi connectivity index (χ2n) is 2.99. The van der Waals surface area contributed by atoms with Crippen molar-refractivity contribution in [2.75, 3.05) is 6.61 Å². The molecule has 0 bridgehead atoms. The molecule has 0 aliphatic carbocycles. The van der Waals surface area contributed by atoms with E-state index in [2.05, 4.69) is 15.9 Å². The topological polar surface area (TPSA) is 39.4 Å². The summed E-state index contributed by atoms with van der Waals surface area (Å²) in [6.45, 7) is 0.611. The van der Waals surface area contributed by atoms with Gasteiger partial charge in [-0.25, -0.2) is 0 Å². The number of carbonyl (C=O) groups excluding carboxylic acids is 1. The average Bonchev–Trinajstić information content (AvgIpc) is 2.65. The molecular weight excluding hydrogens is 248 g/mol. The highest BCUT2D eigenvalue weighted by molar-refractivity contribution is 9.10. The quantitative estimate of drug-likeness (QED) is 0.764. The van der Waals surface area contributed by atoms with Gasteiger partial charge in [0.2, 0.25) is 0 Å². The van der Waals surface area contributed by atoms with Crippen LogP contribution in [0.4, 0.5) is 0 Å². The Morgan fingerprint density at radius 2 is 2.29 bits per heavy atom. The molecule has 1 aromatic heterocycles. The number of hydrogen-bond acceptors (Lipinski definition) is 3. The first kappa shape index (κ1) is 9.52. The molecule has 2 rings (SSSR count). The van der Waals surface area contributed by atoms with Crippen molar-refractivity contribution in [2.45, 2.75) is 12.8 Å². The highest BCUT2D eigenvalue weighted by Crippen LogP contribution is 2.20. The molecule has 3 nitrogen and oxygen atoms in total. The summed E-state index contributed by atoms with van der Waals surface area (Å²) >= 11 is 3.15. The van der Waals surface area contributed by atoms with Crippen molar-refractivity contribution in [1.29, 1.82) is 0 Å². The number of ether oxygens (including phenoxy) is 1. The molecule has 0 aromatic carbocycles. The molecule has 0 fully saturated rings. The third-order valence-corrected chi connectivity index (χ3v) is 2.38. The van der Waals surface area contributed by atoms with Crippen LogP contribution >= 0.6 is 15.9 Å². The van der Waals surface area contributed by atoms with Crippen LogP contribution in [0.3, 0.4) is 0 Å². The lowest BCUT2D eigenvalue weighted by molar-refractivity contribution is 0.0871. The van der Waals surface area contributed by atoms with Crippen LogP contribution in [0.1, 0.15) is 23.4 Å². The molecule has 4 heteroatoms. The summed E-state index contributed by atoms with van der Waals surface area (Å²) in [5.74, 6) is 0.526. The Morgan fingerprint density at radius 3 is 2.86 bits per heavy atom. The first-order valence-corrected chi connectivity index (χ1v) is 5.19. The van der Waals surface area contributed by atoms with Gasteiger partial charge in [0.05, 0.1) is 6.61 Å². The zero-order valence-electron chi connectivity index (χ0n) is 7.46. The molecule has 0 atom stereocenters. The third-order valence-electron chi connectivity index (χ3n) is 1.96. The van der Waals surface area contributed by atoms with Gasteiger partial charge in [0.25, 0.3) is 5.78 Å². The number of furan rings is 1. The second kappa shape index (κ2) is 4.00. The summed E-state index contributed by atoms with van der Waals surface area (Å²) in [4.78, 5) is 11.7. The minimum Gasteiger partial charge on any atom is -0.490 e. The first-order chi connectivity index (χ1) is 6.77. The summed E-state index contributed by atoms with van der Waals surface area (Å²) in [6, 6.07) is 3.32. The Morgan fingerprint density at radius 1 is 1.43 bits per heavy atom. The summed E-state index contributed by atoms with van der Waals surface area (Å²) in [5.41, 5.74) is 0. The van der Waals surface area contributed by atoms with Gasteiger partial charge in [-0.05, 0) is 47.0 Å². The lowest BCUT2D eigenvalue weighted by Gasteiger charge is -2.12. The van der Waals surface area contributed by atoms with Crippen molar-refractivity contribution in [1.82, 2.24) is 0 Å². The molecule has 1 aromatic rings. The zero-order valence-corrected chi connectivity index (χ0v) is 9.04. The second-order valence-corrected chi connectivity index (χ2v) is 3.77. The van der Waals surface area contributed by atoms with Crippen molar-refractivity contribution in [3.63, 3.8) is 0 Å².